The highest BCUT2D eigenvalue weighted by atomic mass is 16.6. The van der Waals surface area contributed by atoms with Crippen molar-refractivity contribution in [1.29, 1.82) is 0 Å². The summed E-state index contributed by atoms with van der Waals surface area (Å²) in [5, 5.41) is 9.39. The Morgan fingerprint density at radius 1 is 1.02 bits per heavy atom. The fraction of sp³-hybridized carbons (Fsp3) is 0.500. The van der Waals surface area contributed by atoms with Gasteiger partial charge in [0, 0.05) is 57.1 Å². The second-order valence-corrected chi connectivity index (χ2v) is 11.7. The number of amidine groups is 1. The molecule has 3 fully saturated rings. The molecule has 12 nitrogen and oxygen atoms in total. The number of piperazine rings is 1. The van der Waals surface area contributed by atoms with Crippen LogP contribution in [0.1, 0.15) is 30.4 Å². The van der Waals surface area contributed by atoms with Crippen LogP contribution < -0.4 is 10.6 Å². The first-order valence-electron chi connectivity index (χ1n) is 15.2. The molecule has 236 valence electrons. The molecule has 0 aromatic heterocycles. The molecule has 44 heavy (non-hydrogen) atoms. The quantitative estimate of drug-likeness (QED) is 0.222. The van der Waals surface area contributed by atoms with Gasteiger partial charge in [0.2, 0.25) is 0 Å². The molecule has 5 rings (SSSR count). The zero-order valence-corrected chi connectivity index (χ0v) is 25.2. The van der Waals surface area contributed by atoms with E-state index in [0.717, 1.165) is 37.4 Å². The molecule has 3 N–H and O–H groups in total. The van der Waals surface area contributed by atoms with Crippen LogP contribution in [-0.2, 0) is 25.7 Å². The van der Waals surface area contributed by atoms with E-state index in [1.807, 2.05) is 66.5 Å². The van der Waals surface area contributed by atoms with Gasteiger partial charge in [-0.1, -0.05) is 30.3 Å². The second-order valence-electron chi connectivity index (χ2n) is 11.7. The van der Waals surface area contributed by atoms with Crippen molar-refractivity contribution < 1.29 is 29.0 Å². The van der Waals surface area contributed by atoms with Crippen LogP contribution in [0, 0.1) is 5.92 Å². The number of carbonyl (C=O) groups is 3. The number of nitrogens with zero attached hydrogens (tertiary/aromatic N) is 5. The molecule has 0 bridgehead atoms. The molecule has 0 spiro atoms. The van der Waals surface area contributed by atoms with Crippen LogP contribution >= 0.6 is 0 Å². The largest absolute Gasteiger partial charge is 0.481 e. The summed E-state index contributed by atoms with van der Waals surface area (Å²) >= 11 is 0. The molecule has 3 aliphatic rings. The minimum atomic E-state index is -0.798. The van der Waals surface area contributed by atoms with Crippen molar-refractivity contribution in [2.75, 3.05) is 64.3 Å². The third kappa shape index (κ3) is 8.34. The number of esters is 1. The van der Waals surface area contributed by atoms with Crippen LogP contribution in [0.25, 0.3) is 0 Å². The first kappa shape index (κ1) is 31.4. The van der Waals surface area contributed by atoms with Crippen LogP contribution in [0.3, 0.4) is 0 Å². The number of carboxylic acids is 1. The minimum Gasteiger partial charge on any atom is -0.481 e. The minimum absolute atomic E-state index is 0.192. The maximum atomic E-state index is 12.7. The summed E-state index contributed by atoms with van der Waals surface area (Å²) in [5.74, 6) is -1.07. The summed E-state index contributed by atoms with van der Waals surface area (Å²) < 4.78 is 11.1. The Morgan fingerprint density at radius 2 is 1.73 bits per heavy atom. The number of anilines is 1. The van der Waals surface area contributed by atoms with E-state index in [-0.39, 0.29) is 24.3 Å². The highest BCUT2D eigenvalue weighted by Gasteiger charge is 2.34. The van der Waals surface area contributed by atoms with E-state index in [4.69, 9.17) is 15.2 Å². The van der Waals surface area contributed by atoms with Gasteiger partial charge in [-0.2, -0.15) is 0 Å². The van der Waals surface area contributed by atoms with E-state index in [2.05, 4.69) is 14.8 Å². The van der Waals surface area contributed by atoms with Gasteiger partial charge in [-0.15, -0.1) is 0 Å². The average Bonchev–Trinajstić information content (AvgIpc) is 3.40. The standard InChI is InChI=1S/C32H42N6O6/c1-35-13-11-25(31(40)41)19-28(35)34-30(33)24-7-9-26(10-8-24)38-21-27(44-32(38)42)20-37-17-15-36(16-18-37)14-12-29(39)43-22-23-5-3-2-4-6-23/h2-10,25,27-28H,11-22H2,1H3,(H2,33,34)(H,40,41). The van der Waals surface area contributed by atoms with Crippen LogP contribution in [0.5, 0.6) is 0 Å². The fourth-order valence-electron chi connectivity index (χ4n) is 5.85. The number of likely N-dealkylation sites (tertiary alicyclic amines) is 1. The summed E-state index contributed by atoms with van der Waals surface area (Å²) in [6, 6.07) is 17.0. The number of piperidine rings is 1. The number of carboxylic acid groups (broad SMARTS) is 1. The Bertz CT molecular complexity index is 1310. The number of amides is 1. The van der Waals surface area contributed by atoms with Gasteiger partial charge in [-0.3, -0.25) is 24.3 Å². The lowest BCUT2D eigenvalue weighted by atomic mass is 9.95. The first-order valence-corrected chi connectivity index (χ1v) is 15.2. The smallest absolute Gasteiger partial charge is 0.414 e. The second kappa shape index (κ2) is 14.7. The predicted octanol–water partition coefficient (Wildman–Crippen LogP) is 2.22. The third-order valence-electron chi connectivity index (χ3n) is 8.62. The van der Waals surface area contributed by atoms with Gasteiger partial charge in [0.1, 0.15) is 24.7 Å². The number of benzene rings is 2. The molecule has 2 aromatic rings. The maximum Gasteiger partial charge on any atom is 0.414 e. The van der Waals surface area contributed by atoms with Gasteiger partial charge < -0.3 is 25.2 Å². The number of ether oxygens (including phenoxy) is 2. The maximum absolute atomic E-state index is 12.7. The summed E-state index contributed by atoms with van der Waals surface area (Å²) in [4.78, 5) is 49.1. The van der Waals surface area contributed by atoms with Crippen molar-refractivity contribution in [3.8, 4) is 0 Å². The van der Waals surface area contributed by atoms with Gasteiger partial charge >= 0.3 is 18.0 Å². The molecule has 12 heteroatoms. The Hall–Kier alpha value is -4.00. The molecule has 3 atom stereocenters. The van der Waals surface area contributed by atoms with Crippen molar-refractivity contribution in [3.63, 3.8) is 0 Å². The molecule has 0 aliphatic carbocycles. The summed E-state index contributed by atoms with van der Waals surface area (Å²) in [5.41, 5.74) is 8.70. The molecule has 3 saturated heterocycles. The highest BCUT2D eigenvalue weighted by Crippen LogP contribution is 2.25. The Morgan fingerprint density at radius 3 is 2.43 bits per heavy atom. The van der Waals surface area contributed by atoms with Crippen molar-refractivity contribution >= 4 is 29.6 Å². The van der Waals surface area contributed by atoms with Gasteiger partial charge in [-0.05, 0) is 49.7 Å². The summed E-state index contributed by atoms with van der Waals surface area (Å²) in [7, 11) is 1.92. The lowest BCUT2D eigenvalue weighted by molar-refractivity contribution is -0.145. The molecular formula is C32H42N6O6. The third-order valence-corrected chi connectivity index (χ3v) is 8.62. The topological polar surface area (TPSA) is 141 Å². The van der Waals surface area contributed by atoms with Crippen LogP contribution in [0.4, 0.5) is 10.5 Å². The van der Waals surface area contributed by atoms with Gasteiger partial charge in [0.05, 0.1) is 18.9 Å². The van der Waals surface area contributed by atoms with Gasteiger partial charge in [0.15, 0.2) is 0 Å². The molecule has 3 heterocycles. The van der Waals surface area contributed by atoms with Gasteiger partial charge in [0.25, 0.3) is 0 Å². The number of aliphatic carboxylic acids is 1. The molecule has 1 amide bonds. The Balaban J connectivity index is 1.04. The van der Waals surface area contributed by atoms with E-state index in [1.165, 1.54) is 0 Å². The van der Waals surface area contributed by atoms with Crippen molar-refractivity contribution in [2.45, 2.75) is 38.1 Å². The average molecular weight is 607 g/mol. The Kier molecular flexibility index (Phi) is 10.5. The Labute approximate surface area is 258 Å². The number of rotatable bonds is 11. The first-order chi connectivity index (χ1) is 21.2. The van der Waals surface area contributed by atoms with Crippen LogP contribution in [0.15, 0.2) is 59.6 Å². The van der Waals surface area contributed by atoms with E-state index in [1.54, 1.807) is 4.90 Å². The van der Waals surface area contributed by atoms with Crippen molar-refractivity contribution in [1.82, 2.24) is 14.7 Å². The molecular weight excluding hydrogens is 564 g/mol. The lowest BCUT2D eigenvalue weighted by Crippen LogP contribution is -2.49. The molecule has 3 aliphatic heterocycles. The predicted molar refractivity (Wildman–Crippen MR) is 165 cm³/mol. The molecule has 0 radical (unpaired) electrons. The fourth-order valence-corrected chi connectivity index (χ4v) is 5.85. The number of cyclic esters (lactones) is 1. The molecule has 0 saturated carbocycles. The van der Waals surface area contributed by atoms with E-state index in [0.29, 0.717) is 63.4 Å². The van der Waals surface area contributed by atoms with Crippen LogP contribution in [0.2, 0.25) is 0 Å². The van der Waals surface area contributed by atoms with Gasteiger partial charge in [-0.25, -0.2) is 9.79 Å². The van der Waals surface area contributed by atoms with E-state index >= 15 is 0 Å². The van der Waals surface area contributed by atoms with Crippen molar-refractivity contribution in [3.05, 3.63) is 65.7 Å². The highest BCUT2D eigenvalue weighted by molar-refractivity contribution is 5.98. The van der Waals surface area contributed by atoms with E-state index in [9.17, 15) is 19.5 Å². The lowest BCUT2D eigenvalue weighted by Gasteiger charge is -2.35. The van der Waals surface area contributed by atoms with Crippen LogP contribution in [-0.4, -0.2) is 115 Å². The van der Waals surface area contributed by atoms with Crippen molar-refractivity contribution in [2.24, 2.45) is 16.6 Å². The summed E-state index contributed by atoms with van der Waals surface area (Å²) in [6.45, 7) is 6.08. The normalized spacial score (nSPS) is 23.8. The number of carbonyl (C=O) groups excluding carboxylic acids is 2. The monoisotopic (exact) mass is 606 g/mol. The summed E-state index contributed by atoms with van der Waals surface area (Å²) in [6.07, 6.45) is 0.481. The zero-order chi connectivity index (χ0) is 31.1. The molecule has 3 unspecified atom stereocenters. The van der Waals surface area contributed by atoms with E-state index < -0.39 is 11.9 Å². The number of nitrogens with two attached hydrogens (primary N) is 1. The molecule has 2 aromatic carbocycles. The zero-order valence-electron chi connectivity index (χ0n) is 25.2. The number of aliphatic imine (C=N–C) groups is 1. The number of hydrogen-bond acceptors (Lipinski definition) is 9. The SMILES string of the molecule is CN1CCC(C(=O)O)CC1N=C(N)c1ccc(N2CC(CN3CCN(CCC(=O)OCc4ccccc4)CC3)OC2=O)cc1. The number of hydrogen-bond donors (Lipinski definition) is 2.